The van der Waals surface area contributed by atoms with Crippen molar-refractivity contribution in [2.75, 3.05) is 0 Å². The van der Waals surface area contributed by atoms with Crippen molar-refractivity contribution < 1.29 is 0 Å². The maximum atomic E-state index is 4.49. The largest absolute Gasteiger partial charge is 0.256 e. The molecule has 1 nitrogen and oxygen atoms in total. The van der Waals surface area contributed by atoms with Crippen LogP contribution in [0.15, 0.2) is 59.6 Å². The first-order valence-electron chi connectivity index (χ1n) is 5.95. The van der Waals surface area contributed by atoms with E-state index < -0.39 is 0 Å². The molecule has 0 spiro atoms. The van der Waals surface area contributed by atoms with Crippen LogP contribution < -0.4 is 0 Å². The Morgan fingerprint density at radius 1 is 0.941 bits per heavy atom. The molecule has 0 atom stereocenters. The van der Waals surface area contributed by atoms with Gasteiger partial charge < -0.3 is 0 Å². The molecule has 1 heteroatoms. The Morgan fingerprint density at radius 3 is 2.41 bits per heavy atom. The Kier molecular flexibility index (Phi) is 3.71. The van der Waals surface area contributed by atoms with Crippen LogP contribution in [0.4, 0.5) is 5.69 Å². The Balaban J connectivity index is 2.19. The van der Waals surface area contributed by atoms with Crippen LogP contribution in [0.2, 0.25) is 0 Å². The minimum absolute atomic E-state index is 0.543. The van der Waals surface area contributed by atoms with Gasteiger partial charge in [0.05, 0.1) is 5.69 Å². The lowest BCUT2D eigenvalue weighted by atomic mass is 10.0. The standard InChI is InChI=1S/C16H17N/c1-13(2)15-9-6-10-16(11-15)17-12-14-7-4-3-5-8-14/h3-13H,1-2H3. The van der Waals surface area contributed by atoms with Gasteiger partial charge in [-0.2, -0.15) is 0 Å². The van der Waals surface area contributed by atoms with Gasteiger partial charge in [0.1, 0.15) is 0 Å². The fraction of sp³-hybridized carbons (Fsp3) is 0.188. The van der Waals surface area contributed by atoms with E-state index in [1.54, 1.807) is 0 Å². The molecule has 0 saturated carbocycles. The summed E-state index contributed by atoms with van der Waals surface area (Å²) in [6, 6.07) is 18.5. The molecule has 0 N–H and O–H groups in total. The number of nitrogens with zero attached hydrogens (tertiary/aromatic N) is 1. The predicted octanol–water partition coefficient (Wildman–Crippen LogP) is 4.56. The van der Waals surface area contributed by atoms with Crippen molar-refractivity contribution in [1.82, 2.24) is 0 Å². The van der Waals surface area contributed by atoms with Gasteiger partial charge in [0.25, 0.3) is 0 Å². The van der Waals surface area contributed by atoms with Gasteiger partial charge in [-0.3, -0.25) is 4.99 Å². The molecule has 0 aliphatic heterocycles. The summed E-state index contributed by atoms with van der Waals surface area (Å²) in [7, 11) is 0. The number of rotatable bonds is 3. The lowest BCUT2D eigenvalue weighted by Gasteiger charge is -2.05. The van der Waals surface area contributed by atoms with Gasteiger partial charge in [-0.1, -0.05) is 56.3 Å². The average Bonchev–Trinajstić information content (AvgIpc) is 2.38. The van der Waals surface area contributed by atoms with Crippen LogP contribution >= 0.6 is 0 Å². The maximum Gasteiger partial charge on any atom is 0.0632 e. The molecule has 0 fully saturated rings. The summed E-state index contributed by atoms with van der Waals surface area (Å²) >= 11 is 0. The third kappa shape index (κ3) is 3.28. The topological polar surface area (TPSA) is 12.4 Å². The zero-order valence-electron chi connectivity index (χ0n) is 10.3. The van der Waals surface area contributed by atoms with Crippen LogP contribution in [0.5, 0.6) is 0 Å². The van der Waals surface area contributed by atoms with E-state index in [1.807, 2.05) is 30.5 Å². The van der Waals surface area contributed by atoms with Crippen molar-refractivity contribution in [1.29, 1.82) is 0 Å². The minimum atomic E-state index is 0.543. The second-order valence-corrected chi connectivity index (χ2v) is 4.42. The molecule has 2 aromatic carbocycles. The van der Waals surface area contributed by atoms with Crippen molar-refractivity contribution in [2.45, 2.75) is 19.8 Å². The van der Waals surface area contributed by atoms with Gasteiger partial charge in [0.2, 0.25) is 0 Å². The van der Waals surface area contributed by atoms with Crippen LogP contribution in [0.3, 0.4) is 0 Å². The quantitative estimate of drug-likeness (QED) is 0.676. The first-order valence-corrected chi connectivity index (χ1v) is 5.95. The minimum Gasteiger partial charge on any atom is -0.256 e. The van der Waals surface area contributed by atoms with Gasteiger partial charge in [-0.05, 0) is 29.2 Å². The summed E-state index contributed by atoms with van der Waals surface area (Å²) in [6.45, 7) is 4.39. The summed E-state index contributed by atoms with van der Waals surface area (Å²) in [4.78, 5) is 4.49. The van der Waals surface area contributed by atoms with Crippen molar-refractivity contribution in [3.05, 3.63) is 65.7 Å². The first kappa shape index (κ1) is 11.6. The predicted molar refractivity (Wildman–Crippen MR) is 74.2 cm³/mol. The summed E-state index contributed by atoms with van der Waals surface area (Å²) < 4.78 is 0. The van der Waals surface area contributed by atoms with E-state index in [0.29, 0.717) is 5.92 Å². The van der Waals surface area contributed by atoms with Crippen molar-refractivity contribution in [3.8, 4) is 0 Å². The van der Waals surface area contributed by atoms with E-state index >= 15 is 0 Å². The van der Waals surface area contributed by atoms with Gasteiger partial charge in [0, 0.05) is 6.21 Å². The summed E-state index contributed by atoms with van der Waals surface area (Å²) in [5.74, 6) is 0.543. The Hall–Kier alpha value is -1.89. The van der Waals surface area contributed by atoms with E-state index in [9.17, 15) is 0 Å². The monoisotopic (exact) mass is 223 g/mol. The molecule has 0 heterocycles. The molecule has 0 aliphatic carbocycles. The zero-order chi connectivity index (χ0) is 12.1. The normalized spacial score (nSPS) is 11.2. The van der Waals surface area contributed by atoms with Crippen LogP contribution in [-0.4, -0.2) is 6.21 Å². The third-order valence-electron chi connectivity index (χ3n) is 2.70. The lowest BCUT2D eigenvalue weighted by molar-refractivity contribution is 0.867. The van der Waals surface area contributed by atoms with Gasteiger partial charge in [0.15, 0.2) is 0 Å². The smallest absolute Gasteiger partial charge is 0.0632 e. The Labute approximate surface area is 103 Å². The van der Waals surface area contributed by atoms with E-state index in [1.165, 1.54) is 5.56 Å². The second-order valence-electron chi connectivity index (χ2n) is 4.42. The number of benzene rings is 2. The average molecular weight is 223 g/mol. The zero-order valence-corrected chi connectivity index (χ0v) is 10.3. The summed E-state index contributed by atoms with van der Waals surface area (Å²) in [5, 5.41) is 0. The number of aliphatic imine (C=N–C) groups is 1. The van der Waals surface area contributed by atoms with Crippen LogP contribution in [0.1, 0.15) is 30.9 Å². The molecule has 0 radical (unpaired) electrons. The first-order chi connectivity index (χ1) is 8.25. The summed E-state index contributed by atoms with van der Waals surface area (Å²) in [5.41, 5.74) is 3.47. The highest BCUT2D eigenvalue weighted by Crippen LogP contribution is 2.20. The van der Waals surface area contributed by atoms with E-state index in [0.717, 1.165) is 11.3 Å². The van der Waals surface area contributed by atoms with Crippen LogP contribution in [-0.2, 0) is 0 Å². The van der Waals surface area contributed by atoms with E-state index in [4.69, 9.17) is 0 Å². The van der Waals surface area contributed by atoms with Crippen LogP contribution in [0, 0.1) is 0 Å². The SMILES string of the molecule is CC(C)c1cccc(N=Cc2ccccc2)c1. The second kappa shape index (κ2) is 5.44. The molecule has 0 unspecified atom stereocenters. The molecule has 17 heavy (non-hydrogen) atoms. The van der Waals surface area contributed by atoms with Gasteiger partial charge >= 0.3 is 0 Å². The molecule has 0 aromatic heterocycles. The molecule has 0 bridgehead atoms. The molecular formula is C16H17N. The van der Waals surface area contributed by atoms with E-state index in [-0.39, 0.29) is 0 Å². The highest BCUT2D eigenvalue weighted by atomic mass is 14.7. The fourth-order valence-corrected chi connectivity index (χ4v) is 1.65. The Morgan fingerprint density at radius 2 is 1.71 bits per heavy atom. The molecular weight excluding hydrogens is 206 g/mol. The van der Waals surface area contributed by atoms with Crippen LogP contribution in [0.25, 0.3) is 0 Å². The van der Waals surface area contributed by atoms with Crippen molar-refractivity contribution in [2.24, 2.45) is 4.99 Å². The highest BCUT2D eigenvalue weighted by Gasteiger charge is 1.98. The Bertz CT molecular complexity index is 498. The van der Waals surface area contributed by atoms with Crippen molar-refractivity contribution >= 4 is 11.9 Å². The van der Waals surface area contributed by atoms with Gasteiger partial charge in [-0.15, -0.1) is 0 Å². The number of hydrogen-bond donors (Lipinski definition) is 0. The third-order valence-corrected chi connectivity index (χ3v) is 2.70. The number of hydrogen-bond acceptors (Lipinski definition) is 1. The fourth-order valence-electron chi connectivity index (χ4n) is 1.65. The molecule has 0 aliphatic rings. The molecule has 0 saturated heterocycles. The molecule has 2 aromatic rings. The molecule has 86 valence electrons. The molecule has 2 rings (SSSR count). The molecule has 0 amide bonds. The summed E-state index contributed by atoms with van der Waals surface area (Å²) in [6.07, 6.45) is 1.90. The lowest BCUT2D eigenvalue weighted by Crippen LogP contribution is -1.85. The maximum absolute atomic E-state index is 4.49. The van der Waals surface area contributed by atoms with Crippen molar-refractivity contribution in [3.63, 3.8) is 0 Å². The van der Waals surface area contributed by atoms with Gasteiger partial charge in [-0.25, -0.2) is 0 Å². The highest BCUT2D eigenvalue weighted by molar-refractivity contribution is 5.81. The van der Waals surface area contributed by atoms with E-state index in [2.05, 4.69) is 49.2 Å².